The summed E-state index contributed by atoms with van der Waals surface area (Å²) >= 11 is 3.22. The minimum absolute atomic E-state index is 0.0304. The maximum absolute atomic E-state index is 13.4. The summed E-state index contributed by atoms with van der Waals surface area (Å²) in [6.07, 6.45) is -0.0423. The van der Waals surface area contributed by atoms with Gasteiger partial charge in [0.25, 0.3) is 5.91 Å². The molecule has 1 aliphatic rings. The smallest absolute Gasteiger partial charge is 0.255 e. The van der Waals surface area contributed by atoms with Crippen molar-refractivity contribution in [3.63, 3.8) is 0 Å². The molecular weight excluding hydrogens is 327 g/mol. The molecule has 0 aliphatic carbocycles. The van der Waals surface area contributed by atoms with Crippen LogP contribution >= 0.6 is 15.9 Å². The third kappa shape index (κ3) is 3.12. The van der Waals surface area contributed by atoms with E-state index >= 15 is 0 Å². The van der Waals surface area contributed by atoms with Gasteiger partial charge in [-0.15, -0.1) is 0 Å². The fourth-order valence-electron chi connectivity index (χ4n) is 2.51. The zero-order chi connectivity index (χ0) is 15.1. The molecule has 1 aromatic carbocycles. The molecule has 110 valence electrons. The van der Waals surface area contributed by atoms with Crippen LogP contribution < -0.4 is 5.73 Å². The number of rotatable bonds is 1. The third-order valence-electron chi connectivity index (χ3n) is 3.17. The third-order valence-corrected chi connectivity index (χ3v) is 3.83. The van der Waals surface area contributed by atoms with E-state index in [4.69, 9.17) is 10.5 Å². The van der Waals surface area contributed by atoms with E-state index in [1.165, 1.54) is 12.1 Å². The number of ether oxygens (including phenoxy) is 1. The van der Waals surface area contributed by atoms with Crippen molar-refractivity contribution in [2.24, 2.45) is 0 Å². The van der Waals surface area contributed by atoms with Gasteiger partial charge in [-0.1, -0.05) is 0 Å². The van der Waals surface area contributed by atoms with Gasteiger partial charge in [0.05, 0.1) is 23.0 Å². The van der Waals surface area contributed by atoms with Gasteiger partial charge in [0.1, 0.15) is 5.82 Å². The van der Waals surface area contributed by atoms with Crippen LogP contribution in [0.1, 0.15) is 31.1 Å². The highest BCUT2D eigenvalue weighted by Crippen LogP contribution is 2.27. The van der Waals surface area contributed by atoms with E-state index in [1.807, 2.05) is 20.8 Å². The number of anilines is 1. The summed E-state index contributed by atoms with van der Waals surface area (Å²) in [7, 11) is 0. The van der Waals surface area contributed by atoms with E-state index in [2.05, 4.69) is 15.9 Å². The number of benzene rings is 1. The molecule has 1 amide bonds. The Morgan fingerprint density at radius 3 is 2.80 bits per heavy atom. The van der Waals surface area contributed by atoms with Gasteiger partial charge in [-0.3, -0.25) is 4.79 Å². The van der Waals surface area contributed by atoms with Gasteiger partial charge in [0.2, 0.25) is 0 Å². The fraction of sp³-hybridized carbons (Fsp3) is 0.500. The van der Waals surface area contributed by atoms with Gasteiger partial charge in [-0.25, -0.2) is 4.39 Å². The molecule has 1 saturated heterocycles. The SMILES string of the molecule is CC1CN(C(=O)c2cc(N)c(F)cc2Br)CC(C)(C)O1. The first-order valence-electron chi connectivity index (χ1n) is 6.41. The van der Waals surface area contributed by atoms with Crippen LogP contribution in [-0.2, 0) is 4.74 Å². The first-order chi connectivity index (χ1) is 9.19. The largest absolute Gasteiger partial charge is 0.396 e. The Labute approximate surface area is 126 Å². The van der Waals surface area contributed by atoms with Crippen LogP contribution in [0.3, 0.4) is 0 Å². The van der Waals surface area contributed by atoms with Crippen molar-refractivity contribution >= 4 is 27.5 Å². The Balaban J connectivity index is 2.29. The van der Waals surface area contributed by atoms with Gasteiger partial charge in [-0.2, -0.15) is 0 Å². The molecule has 0 bridgehead atoms. The summed E-state index contributed by atoms with van der Waals surface area (Å²) in [4.78, 5) is 14.3. The highest BCUT2D eigenvalue weighted by Gasteiger charge is 2.34. The number of halogens is 2. The van der Waals surface area contributed by atoms with E-state index in [-0.39, 0.29) is 17.7 Å². The molecule has 1 heterocycles. The van der Waals surface area contributed by atoms with Crippen molar-refractivity contribution in [1.29, 1.82) is 0 Å². The second-order valence-corrected chi connectivity index (χ2v) is 6.58. The standard InChI is InChI=1S/C14H18BrFN2O2/c1-8-6-18(7-14(2,3)20-8)13(19)9-4-12(17)11(16)5-10(9)15/h4-5,8H,6-7,17H2,1-3H3. The lowest BCUT2D eigenvalue weighted by Crippen LogP contribution is -2.53. The van der Waals surface area contributed by atoms with Crippen molar-refractivity contribution in [2.45, 2.75) is 32.5 Å². The number of hydrogen-bond acceptors (Lipinski definition) is 3. The minimum atomic E-state index is -0.538. The number of carbonyl (C=O) groups excluding carboxylic acids is 1. The molecule has 4 nitrogen and oxygen atoms in total. The van der Waals surface area contributed by atoms with E-state index in [0.717, 1.165) is 0 Å². The number of nitrogen functional groups attached to an aromatic ring is 1. The number of amides is 1. The van der Waals surface area contributed by atoms with Crippen LogP contribution in [0.25, 0.3) is 0 Å². The molecule has 0 saturated carbocycles. The monoisotopic (exact) mass is 344 g/mol. The van der Waals surface area contributed by atoms with Crippen LogP contribution in [-0.4, -0.2) is 35.6 Å². The molecule has 2 rings (SSSR count). The van der Waals surface area contributed by atoms with Crippen LogP contribution in [0, 0.1) is 5.82 Å². The molecule has 20 heavy (non-hydrogen) atoms. The van der Waals surface area contributed by atoms with Crippen molar-refractivity contribution in [2.75, 3.05) is 18.8 Å². The Bertz CT molecular complexity index is 548. The van der Waals surface area contributed by atoms with E-state index in [9.17, 15) is 9.18 Å². The molecule has 0 aromatic heterocycles. The number of nitrogens with zero attached hydrogens (tertiary/aromatic N) is 1. The lowest BCUT2D eigenvalue weighted by molar-refractivity contribution is -0.118. The normalized spacial score (nSPS) is 21.9. The lowest BCUT2D eigenvalue weighted by atomic mass is 10.0. The highest BCUT2D eigenvalue weighted by molar-refractivity contribution is 9.10. The van der Waals surface area contributed by atoms with E-state index in [1.54, 1.807) is 4.90 Å². The van der Waals surface area contributed by atoms with Gasteiger partial charge >= 0.3 is 0 Å². The molecule has 0 radical (unpaired) electrons. The number of nitrogens with two attached hydrogens (primary N) is 1. The van der Waals surface area contributed by atoms with E-state index in [0.29, 0.717) is 23.1 Å². The van der Waals surface area contributed by atoms with Gasteiger partial charge in [0, 0.05) is 17.6 Å². The molecular formula is C14H18BrFN2O2. The Morgan fingerprint density at radius 1 is 1.55 bits per heavy atom. The van der Waals surface area contributed by atoms with Gasteiger partial charge in [0.15, 0.2) is 0 Å². The molecule has 1 unspecified atom stereocenters. The second kappa shape index (κ2) is 5.33. The topological polar surface area (TPSA) is 55.6 Å². The second-order valence-electron chi connectivity index (χ2n) is 5.73. The Morgan fingerprint density at radius 2 is 2.20 bits per heavy atom. The van der Waals surface area contributed by atoms with Crippen LogP contribution in [0.15, 0.2) is 16.6 Å². The average molecular weight is 345 g/mol. The summed E-state index contributed by atoms with van der Waals surface area (Å²) in [6, 6.07) is 2.59. The highest BCUT2D eigenvalue weighted by atomic mass is 79.9. The predicted octanol–water partition coefficient (Wildman–Crippen LogP) is 2.81. The quantitative estimate of drug-likeness (QED) is 0.797. The lowest BCUT2D eigenvalue weighted by Gasteiger charge is -2.41. The van der Waals surface area contributed by atoms with Crippen LogP contribution in [0.5, 0.6) is 0 Å². The number of carbonyl (C=O) groups is 1. The van der Waals surface area contributed by atoms with Crippen LogP contribution in [0.4, 0.5) is 10.1 Å². The zero-order valence-corrected chi connectivity index (χ0v) is 13.3. The summed E-state index contributed by atoms with van der Waals surface area (Å²) in [5.74, 6) is -0.712. The summed E-state index contributed by atoms with van der Waals surface area (Å²) in [6.45, 7) is 6.80. The van der Waals surface area contributed by atoms with Gasteiger partial charge in [-0.05, 0) is 48.8 Å². The average Bonchev–Trinajstić information content (AvgIpc) is 2.30. The molecule has 2 N–H and O–H groups in total. The summed E-state index contributed by atoms with van der Waals surface area (Å²) in [5, 5.41) is 0. The molecule has 1 aliphatic heterocycles. The van der Waals surface area contributed by atoms with E-state index < -0.39 is 11.4 Å². The van der Waals surface area contributed by atoms with Gasteiger partial charge < -0.3 is 15.4 Å². The number of morpholine rings is 1. The maximum Gasteiger partial charge on any atom is 0.255 e. The predicted molar refractivity (Wildman–Crippen MR) is 79.0 cm³/mol. The van der Waals surface area contributed by atoms with Crippen molar-refractivity contribution in [3.8, 4) is 0 Å². The Kier molecular flexibility index (Phi) is 4.07. The number of hydrogen-bond donors (Lipinski definition) is 1. The van der Waals surface area contributed by atoms with Crippen molar-refractivity contribution < 1.29 is 13.9 Å². The Hall–Kier alpha value is -1.14. The summed E-state index contributed by atoms with van der Waals surface area (Å²) < 4.78 is 19.5. The molecule has 0 spiro atoms. The fourth-order valence-corrected chi connectivity index (χ4v) is 2.99. The first kappa shape index (κ1) is 15.3. The minimum Gasteiger partial charge on any atom is -0.396 e. The molecule has 6 heteroatoms. The zero-order valence-electron chi connectivity index (χ0n) is 11.7. The van der Waals surface area contributed by atoms with Crippen molar-refractivity contribution in [3.05, 3.63) is 28.0 Å². The molecule has 1 aromatic rings. The maximum atomic E-state index is 13.4. The van der Waals surface area contributed by atoms with Crippen molar-refractivity contribution in [1.82, 2.24) is 4.90 Å². The molecule has 1 atom stereocenters. The first-order valence-corrected chi connectivity index (χ1v) is 7.20. The summed E-state index contributed by atoms with van der Waals surface area (Å²) in [5.41, 5.74) is 5.49. The molecule has 1 fully saturated rings. The van der Waals surface area contributed by atoms with Crippen LogP contribution in [0.2, 0.25) is 0 Å².